The molecule has 1 amide bonds. The average Bonchev–Trinajstić information content (AvgIpc) is 2.64. The van der Waals surface area contributed by atoms with Gasteiger partial charge in [-0.3, -0.25) is 4.79 Å². The number of carbonyl (C=O) groups excluding carboxylic acids is 1. The van der Waals surface area contributed by atoms with Crippen LogP contribution >= 0.6 is 43.5 Å². The van der Waals surface area contributed by atoms with E-state index in [2.05, 4.69) is 42.4 Å². The molecule has 0 spiro atoms. The third-order valence-corrected chi connectivity index (χ3v) is 5.65. The number of nitrogens with one attached hydrogen (secondary N) is 1. The number of ether oxygens (including phenoxy) is 2. The number of hydrogen-bond acceptors (Lipinski definition) is 4. The van der Waals surface area contributed by atoms with Gasteiger partial charge in [0.05, 0.1) is 17.3 Å². The summed E-state index contributed by atoms with van der Waals surface area (Å²) in [6, 6.07) is 7.35. The first-order chi connectivity index (χ1) is 12.8. The lowest BCUT2D eigenvalue weighted by atomic mass is 10.1. The van der Waals surface area contributed by atoms with E-state index in [4.69, 9.17) is 21.1 Å². The molecular formula is C19H19Br2ClN2O3. The van der Waals surface area contributed by atoms with Gasteiger partial charge in [-0.1, -0.05) is 27.5 Å². The molecule has 0 aliphatic carbocycles. The van der Waals surface area contributed by atoms with Crippen molar-refractivity contribution in [2.24, 2.45) is 5.10 Å². The fourth-order valence-electron chi connectivity index (χ4n) is 2.26. The summed E-state index contributed by atoms with van der Waals surface area (Å²) in [7, 11) is 0. The summed E-state index contributed by atoms with van der Waals surface area (Å²) in [5.41, 5.74) is 4.94. The second kappa shape index (κ2) is 10.1. The zero-order valence-corrected chi connectivity index (χ0v) is 19.0. The van der Waals surface area contributed by atoms with Crippen molar-refractivity contribution in [3.63, 3.8) is 0 Å². The van der Waals surface area contributed by atoms with Crippen LogP contribution < -0.4 is 14.9 Å². The highest BCUT2D eigenvalue weighted by molar-refractivity contribution is 9.10. The number of hydrogen-bond donors (Lipinski definition) is 1. The van der Waals surface area contributed by atoms with Gasteiger partial charge in [0.15, 0.2) is 6.61 Å². The highest BCUT2D eigenvalue weighted by Crippen LogP contribution is 2.35. The number of nitrogens with zero attached hydrogens (tertiary/aromatic N) is 1. The molecule has 0 unspecified atom stereocenters. The van der Waals surface area contributed by atoms with Crippen LogP contribution in [0.2, 0.25) is 5.02 Å². The van der Waals surface area contributed by atoms with Crippen molar-refractivity contribution in [1.29, 1.82) is 0 Å². The van der Waals surface area contributed by atoms with Crippen LogP contribution in [0.3, 0.4) is 0 Å². The van der Waals surface area contributed by atoms with Crippen LogP contribution in [-0.2, 0) is 4.79 Å². The van der Waals surface area contributed by atoms with Crippen molar-refractivity contribution in [2.45, 2.75) is 20.8 Å². The lowest BCUT2D eigenvalue weighted by Gasteiger charge is -2.12. The number of rotatable bonds is 7. The largest absolute Gasteiger partial charge is 0.493 e. The van der Waals surface area contributed by atoms with E-state index in [0.717, 1.165) is 25.6 Å². The van der Waals surface area contributed by atoms with Crippen LogP contribution in [-0.4, -0.2) is 25.3 Å². The second-order valence-electron chi connectivity index (χ2n) is 5.64. The van der Waals surface area contributed by atoms with E-state index in [9.17, 15) is 4.79 Å². The van der Waals surface area contributed by atoms with Crippen LogP contribution in [0.5, 0.6) is 11.5 Å². The molecular weight excluding hydrogens is 499 g/mol. The van der Waals surface area contributed by atoms with Crippen molar-refractivity contribution in [3.8, 4) is 11.5 Å². The van der Waals surface area contributed by atoms with Crippen LogP contribution in [0, 0.1) is 13.8 Å². The van der Waals surface area contributed by atoms with E-state index in [1.165, 1.54) is 6.21 Å². The van der Waals surface area contributed by atoms with Gasteiger partial charge in [0, 0.05) is 15.1 Å². The third-order valence-electron chi connectivity index (χ3n) is 3.59. The SMILES string of the molecule is CCOc1ccc(Br)cc1/C=N/NC(=O)COc1cc(C)c(Cl)c(C)c1Br. The molecule has 0 aliphatic heterocycles. The normalized spacial score (nSPS) is 10.9. The van der Waals surface area contributed by atoms with E-state index in [1.807, 2.05) is 39.0 Å². The van der Waals surface area contributed by atoms with Crippen molar-refractivity contribution in [2.75, 3.05) is 13.2 Å². The molecule has 0 heterocycles. The summed E-state index contributed by atoms with van der Waals surface area (Å²) in [6.07, 6.45) is 1.53. The Morgan fingerprint density at radius 3 is 2.67 bits per heavy atom. The monoisotopic (exact) mass is 516 g/mol. The topological polar surface area (TPSA) is 59.9 Å². The number of amides is 1. The first kappa shape index (κ1) is 21.7. The van der Waals surface area contributed by atoms with Gasteiger partial charge >= 0.3 is 0 Å². The van der Waals surface area contributed by atoms with Gasteiger partial charge in [0.2, 0.25) is 0 Å². The molecule has 0 radical (unpaired) electrons. The predicted octanol–water partition coefficient (Wildman–Crippen LogP) is 5.41. The number of carbonyl (C=O) groups is 1. The Bertz CT molecular complexity index is 873. The van der Waals surface area contributed by atoms with Crippen molar-refractivity contribution >= 4 is 55.6 Å². The number of halogens is 3. The molecule has 0 fully saturated rings. The Morgan fingerprint density at radius 2 is 1.96 bits per heavy atom. The Balaban J connectivity index is 1.98. The summed E-state index contributed by atoms with van der Waals surface area (Å²) in [5, 5.41) is 4.64. The van der Waals surface area contributed by atoms with Crippen molar-refractivity contribution in [3.05, 3.63) is 54.9 Å². The van der Waals surface area contributed by atoms with Gasteiger partial charge in [0.25, 0.3) is 5.91 Å². The molecule has 2 aromatic rings. The second-order valence-corrected chi connectivity index (χ2v) is 7.73. The molecule has 144 valence electrons. The predicted molar refractivity (Wildman–Crippen MR) is 115 cm³/mol. The maximum absolute atomic E-state index is 12.0. The first-order valence-corrected chi connectivity index (χ1v) is 10.1. The standard InChI is InChI=1S/C19H19Br2ClN2O3/c1-4-26-15-6-5-14(20)8-13(15)9-23-24-17(25)10-27-16-7-11(2)19(22)12(3)18(16)21/h5-9H,4,10H2,1-3H3,(H,24,25)/b23-9+. The van der Waals surface area contributed by atoms with E-state index in [1.54, 1.807) is 6.07 Å². The highest BCUT2D eigenvalue weighted by atomic mass is 79.9. The van der Waals surface area contributed by atoms with E-state index in [0.29, 0.717) is 23.1 Å². The van der Waals surface area contributed by atoms with Gasteiger partial charge in [-0.05, 0) is 72.1 Å². The quantitative estimate of drug-likeness (QED) is 0.394. The maximum atomic E-state index is 12.0. The molecule has 2 rings (SSSR count). The fourth-order valence-corrected chi connectivity index (χ4v) is 3.33. The van der Waals surface area contributed by atoms with E-state index < -0.39 is 0 Å². The van der Waals surface area contributed by atoms with Crippen LogP contribution in [0.15, 0.2) is 38.3 Å². The number of benzene rings is 2. The molecule has 0 aromatic heterocycles. The molecule has 0 atom stereocenters. The van der Waals surface area contributed by atoms with Crippen LogP contribution in [0.4, 0.5) is 0 Å². The minimum atomic E-state index is -0.378. The minimum absolute atomic E-state index is 0.173. The summed E-state index contributed by atoms with van der Waals surface area (Å²) in [4.78, 5) is 12.0. The van der Waals surface area contributed by atoms with Crippen LogP contribution in [0.25, 0.3) is 0 Å². The average molecular weight is 519 g/mol. The molecule has 5 nitrogen and oxygen atoms in total. The number of hydrazone groups is 1. The van der Waals surface area contributed by atoms with Gasteiger partial charge in [0.1, 0.15) is 11.5 Å². The first-order valence-electron chi connectivity index (χ1n) is 8.15. The Hall–Kier alpha value is -1.57. The molecule has 8 heteroatoms. The molecule has 0 saturated carbocycles. The minimum Gasteiger partial charge on any atom is -0.493 e. The van der Waals surface area contributed by atoms with Crippen molar-refractivity contribution in [1.82, 2.24) is 5.43 Å². The third kappa shape index (κ3) is 5.96. The molecule has 2 aromatic carbocycles. The van der Waals surface area contributed by atoms with Gasteiger partial charge in [-0.25, -0.2) is 5.43 Å². The summed E-state index contributed by atoms with van der Waals surface area (Å²) in [5.74, 6) is 0.863. The molecule has 27 heavy (non-hydrogen) atoms. The summed E-state index contributed by atoms with van der Waals surface area (Å²) in [6.45, 7) is 6.03. The summed E-state index contributed by atoms with van der Waals surface area (Å²) < 4.78 is 12.7. The Morgan fingerprint density at radius 1 is 1.22 bits per heavy atom. The smallest absolute Gasteiger partial charge is 0.277 e. The Labute approximate surface area is 180 Å². The zero-order valence-electron chi connectivity index (χ0n) is 15.1. The van der Waals surface area contributed by atoms with Gasteiger partial charge in [-0.15, -0.1) is 0 Å². The lowest BCUT2D eigenvalue weighted by molar-refractivity contribution is -0.123. The van der Waals surface area contributed by atoms with Crippen LogP contribution in [0.1, 0.15) is 23.6 Å². The van der Waals surface area contributed by atoms with Crippen molar-refractivity contribution < 1.29 is 14.3 Å². The lowest BCUT2D eigenvalue weighted by Crippen LogP contribution is -2.24. The van der Waals surface area contributed by atoms with E-state index >= 15 is 0 Å². The molecule has 0 aliphatic rings. The van der Waals surface area contributed by atoms with Gasteiger partial charge in [-0.2, -0.15) is 5.10 Å². The zero-order chi connectivity index (χ0) is 20.0. The molecule has 0 saturated heterocycles. The fraction of sp³-hybridized carbons (Fsp3) is 0.263. The highest BCUT2D eigenvalue weighted by Gasteiger charge is 2.12. The van der Waals surface area contributed by atoms with E-state index in [-0.39, 0.29) is 12.5 Å². The number of aryl methyl sites for hydroxylation is 1. The maximum Gasteiger partial charge on any atom is 0.277 e. The molecule has 0 bridgehead atoms. The Kier molecular flexibility index (Phi) is 8.13. The summed E-state index contributed by atoms with van der Waals surface area (Å²) >= 11 is 13.0. The van der Waals surface area contributed by atoms with Gasteiger partial charge < -0.3 is 9.47 Å². The molecule has 1 N–H and O–H groups in total.